The first kappa shape index (κ1) is 23.9. The zero-order valence-electron chi connectivity index (χ0n) is 18.4. The lowest BCUT2D eigenvalue weighted by atomic mass is 10.0. The van der Waals surface area contributed by atoms with E-state index in [2.05, 4.69) is 30.8 Å². The third-order valence-corrected chi connectivity index (χ3v) is 5.92. The van der Waals surface area contributed by atoms with Crippen LogP contribution in [0.25, 0.3) is 0 Å². The van der Waals surface area contributed by atoms with Gasteiger partial charge < -0.3 is 20.1 Å². The van der Waals surface area contributed by atoms with Gasteiger partial charge in [0.1, 0.15) is 6.10 Å². The summed E-state index contributed by atoms with van der Waals surface area (Å²) in [4.78, 5) is 31.4. The lowest BCUT2D eigenvalue weighted by molar-refractivity contribution is -0.141. The molecule has 2 aliphatic rings. The first-order valence-corrected chi connectivity index (χ1v) is 10.9. The zero-order chi connectivity index (χ0) is 24.3. The Kier molecular flexibility index (Phi) is 6.73. The van der Waals surface area contributed by atoms with Crippen molar-refractivity contribution in [2.75, 3.05) is 18.5 Å². The molecule has 10 nitrogen and oxygen atoms in total. The number of hydrogen-bond donors (Lipinski definition) is 3. The normalized spacial score (nSPS) is 24.7. The fraction of sp³-hybridized carbons (Fsp3) is 0.571. The minimum Gasteiger partial charge on any atom is -0.446 e. The maximum absolute atomic E-state index is 12.6. The Labute approximate surface area is 193 Å². The molecule has 3 atom stereocenters. The van der Waals surface area contributed by atoms with Crippen LogP contribution in [-0.2, 0) is 26.9 Å². The largest absolute Gasteiger partial charge is 0.446 e. The highest BCUT2D eigenvalue weighted by atomic mass is 19.4. The van der Waals surface area contributed by atoms with Crippen molar-refractivity contribution in [2.45, 2.75) is 62.8 Å². The summed E-state index contributed by atoms with van der Waals surface area (Å²) in [5.74, 6) is -0.112. The van der Waals surface area contributed by atoms with E-state index in [1.54, 1.807) is 6.07 Å². The van der Waals surface area contributed by atoms with Gasteiger partial charge in [-0.15, -0.1) is 0 Å². The van der Waals surface area contributed by atoms with Crippen molar-refractivity contribution in [1.29, 1.82) is 0 Å². The molecule has 184 valence electrons. The molecule has 4 rings (SSSR count). The number of rotatable bonds is 6. The molecule has 0 spiro atoms. The fourth-order valence-electron chi connectivity index (χ4n) is 4.08. The average molecular weight is 482 g/mol. The molecule has 2 amide bonds. The van der Waals surface area contributed by atoms with Crippen LogP contribution in [0, 0.1) is 0 Å². The molecule has 1 saturated carbocycles. The molecule has 34 heavy (non-hydrogen) atoms. The molecular weight excluding hydrogens is 457 g/mol. The molecule has 13 heteroatoms. The highest BCUT2D eigenvalue weighted by Crippen LogP contribution is 2.36. The molecule has 3 N–H and O–H groups in total. The number of nitrogens with zero attached hydrogens (tertiary/aromatic N) is 3. The summed E-state index contributed by atoms with van der Waals surface area (Å²) in [7, 11) is 0. The number of ether oxygens (including phenoxy) is 2. The van der Waals surface area contributed by atoms with Crippen LogP contribution >= 0.6 is 0 Å². The number of carbonyl (C=O) groups is 2. The van der Waals surface area contributed by atoms with Crippen LogP contribution in [0.5, 0.6) is 0 Å². The Bertz CT molecular complexity index is 1020. The van der Waals surface area contributed by atoms with Gasteiger partial charge in [0.2, 0.25) is 5.91 Å². The number of aromatic nitrogens is 4. The summed E-state index contributed by atoms with van der Waals surface area (Å²) in [6.45, 7) is 2.99. The number of amides is 2. The highest BCUT2D eigenvalue weighted by Gasteiger charge is 2.35. The van der Waals surface area contributed by atoms with Crippen LogP contribution in [0.2, 0.25) is 0 Å². The van der Waals surface area contributed by atoms with E-state index in [1.165, 1.54) is 0 Å². The van der Waals surface area contributed by atoms with Crippen LogP contribution in [-0.4, -0.2) is 57.0 Å². The van der Waals surface area contributed by atoms with Gasteiger partial charge in [-0.3, -0.25) is 14.9 Å². The third kappa shape index (κ3) is 6.01. The van der Waals surface area contributed by atoms with Crippen molar-refractivity contribution in [3.63, 3.8) is 0 Å². The molecular formula is C21H25F3N6O4. The molecule has 2 aromatic heterocycles. The monoisotopic (exact) mass is 482 g/mol. The molecule has 2 aromatic rings. The van der Waals surface area contributed by atoms with E-state index in [-0.39, 0.29) is 30.0 Å². The van der Waals surface area contributed by atoms with E-state index >= 15 is 0 Å². The second kappa shape index (κ2) is 9.57. The van der Waals surface area contributed by atoms with E-state index < -0.39 is 29.4 Å². The van der Waals surface area contributed by atoms with E-state index in [1.807, 2.05) is 6.92 Å². The molecule has 3 heterocycles. The summed E-state index contributed by atoms with van der Waals surface area (Å²) in [5, 5.41) is 12.4. The van der Waals surface area contributed by atoms with Gasteiger partial charge in [-0.05, 0) is 32.6 Å². The zero-order valence-corrected chi connectivity index (χ0v) is 18.4. The lowest BCUT2D eigenvalue weighted by Gasteiger charge is -2.24. The maximum atomic E-state index is 12.6. The minimum absolute atomic E-state index is 0.0853. The number of alkyl carbamates (subject to hydrolysis) is 1. The third-order valence-electron chi connectivity index (χ3n) is 5.92. The van der Waals surface area contributed by atoms with Crippen LogP contribution in [0.1, 0.15) is 55.6 Å². The molecule has 1 aliphatic heterocycles. The first-order chi connectivity index (χ1) is 16.1. The SMILES string of the molecule is CC1(NC(=O)O[C@@H]2CC[C@H](c3cc(NC(=O)Cc4cnc(C(F)(F)F)cn4)n[nH]3)C2)CCOC1. The van der Waals surface area contributed by atoms with E-state index in [4.69, 9.17) is 9.47 Å². The second-order valence-corrected chi connectivity index (χ2v) is 8.85. The molecule has 2 fully saturated rings. The van der Waals surface area contributed by atoms with Gasteiger partial charge in [0.05, 0.1) is 30.5 Å². The van der Waals surface area contributed by atoms with Gasteiger partial charge in [0.25, 0.3) is 0 Å². The predicted octanol–water partition coefficient (Wildman–Crippen LogP) is 2.94. The summed E-state index contributed by atoms with van der Waals surface area (Å²) in [6.07, 6.45) is -1.14. The highest BCUT2D eigenvalue weighted by molar-refractivity contribution is 5.91. The molecule has 1 saturated heterocycles. The Balaban J connectivity index is 1.24. The summed E-state index contributed by atoms with van der Waals surface area (Å²) in [6, 6.07) is 1.69. The van der Waals surface area contributed by atoms with Crippen molar-refractivity contribution in [1.82, 2.24) is 25.5 Å². The number of H-pyrrole nitrogens is 1. The van der Waals surface area contributed by atoms with Gasteiger partial charge in [0.15, 0.2) is 11.5 Å². The lowest BCUT2D eigenvalue weighted by Crippen LogP contribution is -2.47. The summed E-state index contributed by atoms with van der Waals surface area (Å²) >= 11 is 0. The van der Waals surface area contributed by atoms with E-state index in [9.17, 15) is 22.8 Å². The predicted molar refractivity (Wildman–Crippen MR) is 112 cm³/mol. The minimum atomic E-state index is -4.59. The van der Waals surface area contributed by atoms with E-state index in [0.29, 0.717) is 32.3 Å². The number of carbonyl (C=O) groups excluding carboxylic acids is 2. The average Bonchev–Trinajstić information content (AvgIpc) is 3.49. The standard InChI is InChI=1S/C21H25F3N6O4/c1-20(4-5-33-11-20)28-19(32)34-14-3-2-12(6-14)15-8-17(30-29-15)27-18(31)7-13-9-26-16(10-25-13)21(22,23)24/h8-10,12,14H,2-7,11H2,1H3,(H,28,32)(H2,27,29,30,31)/t12-,14+,20?/m0/s1. The number of anilines is 1. The molecule has 1 aliphatic carbocycles. The van der Waals surface area contributed by atoms with Crippen LogP contribution < -0.4 is 10.6 Å². The smallest absolute Gasteiger partial charge is 0.434 e. The van der Waals surface area contributed by atoms with Crippen LogP contribution in [0.3, 0.4) is 0 Å². The van der Waals surface area contributed by atoms with Crippen molar-refractivity contribution in [2.24, 2.45) is 0 Å². The number of halogens is 3. The molecule has 0 aromatic carbocycles. The Morgan fingerprint density at radius 2 is 2.12 bits per heavy atom. The topological polar surface area (TPSA) is 131 Å². The number of aromatic amines is 1. The Hall–Kier alpha value is -3.22. The molecule has 0 radical (unpaired) electrons. The first-order valence-electron chi connectivity index (χ1n) is 10.9. The maximum Gasteiger partial charge on any atom is 0.434 e. The van der Waals surface area contributed by atoms with Gasteiger partial charge in [-0.25, -0.2) is 9.78 Å². The quantitative estimate of drug-likeness (QED) is 0.577. The molecule has 0 bridgehead atoms. The summed E-state index contributed by atoms with van der Waals surface area (Å²) in [5.41, 5.74) is -0.621. The Morgan fingerprint density at radius 3 is 2.79 bits per heavy atom. The summed E-state index contributed by atoms with van der Waals surface area (Å²) < 4.78 is 48.6. The molecule has 1 unspecified atom stereocenters. The van der Waals surface area contributed by atoms with Crippen molar-refractivity contribution >= 4 is 17.8 Å². The van der Waals surface area contributed by atoms with Gasteiger partial charge in [0, 0.05) is 30.5 Å². The number of nitrogens with one attached hydrogen (secondary N) is 3. The van der Waals surface area contributed by atoms with Gasteiger partial charge in [-0.2, -0.15) is 18.3 Å². The van der Waals surface area contributed by atoms with E-state index in [0.717, 1.165) is 24.7 Å². The van der Waals surface area contributed by atoms with Crippen molar-refractivity contribution in [3.8, 4) is 0 Å². The number of hydrogen-bond acceptors (Lipinski definition) is 7. The number of alkyl halides is 3. The van der Waals surface area contributed by atoms with Gasteiger partial charge >= 0.3 is 12.3 Å². The van der Waals surface area contributed by atoms with Crippen molar-refractivity contribution in [3.05, 3.63) is 35.5 Å². The fourth-order valence-corrected chi connectivity index (χ4v) is 4.08. The Morgan fingerprint density at radius 1 is 1.29 bits per heavy atom. The van der Waals surface area contributed by atoms with Crippen LogP contribution in [0.15, 0.2) is 18.5 Å². The van der Waals surface area contributed by atoms with Crippen LogP contribution in [0.4, 0.5) is 23.8 Å². The second-order valence-electron chi connectivity index (χ2n) is 8.85. The van der Waals surface area contributed by atoms with Gasteiger partial charge in [-0.1, -0.05) is 0 Å². The van der Waals surface area contributed by atoms with Crippen molar-refractivity contribution < 1.29 is 32.2 Å².